The van der Waals surface area contributed by atoms with Crippen LogP contribution in [0.4, 0.5) is 4.79 Å². The quantitative estimate of drug-likeness (QED) is 0.637. The molecule has 1 amide bonds. The van der Waals surface area contributed by atoms with Crippen LogP contribution in [-0.2, 0) is 32.2 Å². The number of hydrogen-bond donors (Lipinski definition) is 0. The summed E-state index contributed by atoms with van der Waals surface area (Å²) in [7, 11) is 1.70. The molecule has 0 saturated carbocycles. The van der Waals surface area contributed by atoms with Gasteiger partial charge in [0.15, 0.2) is 13.6 Å². The largest absolute Gasteiger partial charge is 0.467 e. The van der Waals surface area contributed by atoms with Crippen molar-refractivity contribution in [2.45, 2.75) is 45.7 Å². The standard InChI is InChI=1S/C25H31NO7/c1-25(2,3)33-24(27)26(4)9-10-30-23(17-5-7-21-19(11-17)13-28-15-31-21)18-6-8-22-20(12-18)14-29-16-32-22/h5-8,11-12,23H,9-10,13-16H2,1-4H3. The van der Waals surface area contributed by atoms with Crippen LogP contribution in [0, 0.1) is 0 Å². The second-order valence-corrected chi connectivity index (χ2v) is 9.11. The highest BCUT2D eigenvalue weighted by atomic mass is 16.7. The van der Waals surface area contributed by atoms with E-state index in [4.69, 9.17) is 28.4 Å². The smallest absolute Gasteiger partial charge is 0.410 e. The molecule has 0 atom stereocenters. The summed E-state index contributed by atoms with van der Waals surface area (Å²) >= 11 is 0. The number of amides is 1. The van der Waals surface area contributed by atoms with Crippen LogP contribution in [0.3, 0.4) is 0 Å². The zero-order valence-electron chi connectivity index (χ0n) is 19.6. The molecule has 33 heavy (non-hydrogen) atoms. The average molecular weight is 458 g/mol. The maximum atomic E-state index is 12.3. The van der Waals surface area contributed by atoms with Gasteiger partial charge in [0.2, 0.25) is 0 Å². The Morgan fingerprint density at radius 1 is 0.970 bits per heavy atom. The van der Waals surface area contributed by atoms with Crippen LogP contribution in [-0.4, -0.2) is 50.4 Å². The summed E-state index contributed by atoms with van der Waals surface area (Å²) in [6.07, 6.45) is -0.731. The summed E-state index contributed by atoms with van der Waals surface area (Å²) in [6.45, 7) is 7.75. The molecule has 0 fully saturated rings. The number of benzene rings is 2. The minimum Gasteiger partial charge on any atom is -0.467 e. The van der Waals surface area contributed by atoms with E-state index in [-0.39, 0.29) is 25.8 Å². The zero-order valence-corrected chi connectivity index (χ0v) is 19.6. The van der Waals surface area contributed by atoms with E-state index in [1.54, 1.807) is 7.05 Å². The minimum absolute atomic E-state index is 0.258. The second kappa shape index (κ2) is 9.99. The molecule has 2 aliphatic heterocycles. The molecular weight excluding hydrogens is 426 g/mol. The molecule has 8 nitrogen and oxygen atoms in total. The molecule has 2 heterocycles. The Morgan fingerprint density at radius 3 is 2.03 bits per heavy atom. The highest BCUT2D eigenvalue weighted by Gasteiger charge is 2.23. The van der Waals surface area contributed by atoms with Gasteiger partial charge in [0.1, 0.15) is 23.2 Å². The topological polar surface area (TPSA) is 75.7 Å². The van der Waals surface area contributed by atoms with Gasteiger partial charge in [-0.15, -0.1) is 0 Å². The summed E-state index contributed by atoms with van der Waals surface area (Å²) in [5.41, 5.74) is 3.35. The van der Waals surface area contributed by atoms with Gasteiger partial charge in [-0.25, -0.2) is 4.79 Å². The third kappa shape index (κ3) is 5.96. The molecule has 178 valence electrons. The number of carbonyl (C=O) groups is 1. The fraction of sp³-hybridized carbons (Fsp3) is 0.480. The van der Waals surface area contributed by atoms with Crippen LogP contribution in [0.5, 0.6) is 11.5 Å². The van der Waals surface area contributed by atoms with Crippen molar-refractivity contribution in [1.82, 2.24) is 4.90 Å². The predicted molar refractivity (Wildman–Crippen MR) is 120 cm³/mol. The summed E-state index contributed by atoms with van der Waals surface area (Å²) < 4.78 is 33.8. The lowest BCUT2D eigenvalue weighted by atomic mass is 9.97. The van der Waals surface area contributed by atoms with E-state index < -0.39 is 5.60 Å². The van der Waals surface area contributed by atoms with Crippen molar-refractivity contribution in [2.75, 3.05) is 33.8 Å². The third-order valence-corrected chi connectivity index (χ3v) is 5.30. The first-order valence-corrected chi connectivity index (χ1v) is 11.0. The molecule has 8 heteroatoms. The maximum absolute atomic E-state index is 12.3. The number of likely N-dealkylation sites (N-methyl/N-ethyl adjacent to an activating group) is 1. The van der Waals surface area contributed by atoms with Crippen molar-refractivity contribution in [3.8, 4) is 11.5 Å². The Balaban J connectivity index is 1.53. The molecule has 4 rings (SSSR count). The first kappa shape index (κ1) is 23.4. The van der Waals surface area contributed by atoms with Gasteiger partial charge < -0.3 is 33.3 Å². The van der Waals surface area contributed by atoms with Gasteiger partial charge in [-0.05, 0) is 56.2 Å². The van der Waals surface area contributed by atoms with Crippen molar-refractivity contribution in [2.24, 2.45) is 0 Å². The normalized spacial score (nSPS) is 15.2. The Morgan fingerprint density at radius 2 is 1.52 bits per heavy atom. The minimum atomic E-state index is -0.546. The van der Waals surface area contributed by atoms with Crippen molar-refractivity contribution in [3.05, 3.63) is 58.7 Å². The van der Waals surface area contributed by atoms with Crippen LogP contribution in [0.1, 0.15) is 49.1 Å². The first-order valence-electron chi connectivity index (χ1n) is 11.0. The van der Waals surface area contributed by atoms with E-state index in [0.29, 0.717) is 26.4 Å². The van der Waals surface area contributed by atoms with E-state index in [0.717, 1.165) is 33.8 Å². The van der Waals surface area contributed by atoms with Crippen LogP contribution < -0.4 is 9.47 Å². The first-order chi connectivity index (χ1) is 15.8. The Labute approximate surface area is 194 Å². The fourth-order valence-corrected chi connectivity index (χ4v) is 3.67. The van der Waals surface area contributed by atoms with Crippen molar-refractivity contribution < 1.29 is 33.2 Å². The summed E-state index contributed by atoms with van der Waals surface area (Å²) in [5, 5.41) is 0. The lowest BCUT2D eigenvalue weighted by molar-refractivity contribution is -0.0168. The molecule has 0 aliphatic carbocycles. The maximum Gasteiger partial charge on any atom is 0.410 e. The van der Waals surface area contributed by atoms with Gasteiger partial charge in [0, 0.05) is 24.7 Å². The number of fused-ring (bicyclic) bond motifs is 2. The molecular formula is C25H31NO7. The summed E-state index contributed by atoms with van der Waals surface area (Å²) in [5.74, 6) is 1.64. The van der Waals surface area contributed by atoms with Gasteiger partial charge in [-0.2, -0.15) is 0 Å². The zero-order chi connectivity index (χ0) is 23.4. The molecule has 0 N–H and O–H groups in total. The Hall–Kier alpha value is -2.81. The molecule has 2 aromatic carbocycles. The van der Waals surface area contributed by atoms with E-state index in [1.165, 1.54) is 4.90 Å². The van der Waals surface area contributed by atoms with Gasteiger partial charge in [0.05, 0.1) is 19.8 Å². The highest BCUT2D eigenvalue weighted by Crippen LogP contribution is 2.34. The fourth-order valence-electron chi connectivity index (χ4n) is 3.67. The lowest BCUT2D eigenvalue weighted by Gasteiger charge is -2.27. The van der Waals surface area contributed by atoms with Crippen molar-refractivity contribution in [3.63, 3.8) is 0 Å². The Kier molecular flexibility index (Phi) is 7.07. The second-order valence-electron chi connectivity index (χ2n) is 9.11. The molecule has 2 aliphatic rings. The molecule has 2 aromatic rings. The lowest BCUT2D eigenvalue weighted by Crippen LogP contribution is -2.36. The van der Waals surface area contributed by atoms with Gasteiger partial charge >= 0.3 is 6.09 Å². The van der Waals surface area contributed by atoms with E-state index in [2.05, 4.69) is 0 Å². The average Bonchev–Trinajstić information content (AvgIpc) is 2.80. The molecule has 0 aromatic heterocycles. The van der Waals surface area contributed by atoms with Crippen LogP contribution in [0.2, 0.25) is 0 Å². The number of carbonyl (C=O) groups excluding carboxylic acids is 1. The van der Waals surface area contributed by atoms with Gasteiger partial charge in [-0.3, -0.25) is 0 Å². The summed E-state index contributed by atoms with van der Waals surface area (Å²) in [6, 6.07) is 12.0. The van der Waals surface area contributed by atoms with Crippen LogP contribution >= 0.6 is 0 Å². The van der Waals surface area contributed by atoms with Crippen molar-refractivity contribution in [1.29, 1.82) is 0 Å². The molecule has 0 bridgehead atoms. The van der Waals surface area contributed by atoms with E-state index >= 15 is 0 Å². The van der Waals surface area contributed by atoms with Crippen molar-refractivity contribution >= 4 is 6.09 Å². The Bertz CT molecular complexity index is 926. The molecule has 0 saturated heterocycles. The van der Waals surface area contributed by atoms with Crippen LogP contribution in [0.25, 0.3) is 0 Å². The third-order valence-electron chi connectivity index (χ3n) is 5.30. The number of ether oxygens (including phenoxy) is 6. The molecule has 0 radical (unpaired) electrons. The number of rotatable bonds is 6. The number of nitrogens with zero attached hydrogens (tertiary/aromatic N) is 1. The number of hydrogen-bond acceptors (Lipinski definition) is 7. The van der Waals surface area contributed by atoms with Gasteiger partial charge in [0.25, 0.3) is 0 Å². The molecule has 0 spiro atoms. The molecule has 0 unspecified atom stereocenters. The highest BCUT2D eigenvalue weighted by molar-refractivity contribution is 5.67. The van der Waals surface area contributed by atoms with E-state index in [1.807, 2.05) is 57.2 Å². The van der Waals surface area contributed by atoms with E-state index in [9.17, 15) is 4.79 Å². The predicted octanol–water partition coefficient (Wildman–Crippen LogP) is 4.39. The SMILES string of the molecule is CN(CCOC(c1ccc2c(c1)COCO2)c1ccc2c(c1)COCO2)C(=O)OC(C)(C)C. The van der Waals surface area contributed by atoms with Gasteiger partial charge in [-0.1, -0.05) is 12.1 Å². The van der Waals surface area contributed by atoms with Crippen LogP contribution in [0.15, 0.2) is 36.4 Å². The summed E-state index contributed by atoms with van der Waals surface area (Å²) in [4.78, 5) is 13.8. The monoisotopic (exact) mass is 457 g/mol.